The Bertz CT molecular complexity index is 606. The number of nitrogens with zero attached hydrogens (tertiary/aromatic N) is 3. The zero-order valence-electron chi connectivity index (χ0n) is 11.7. The smallest absolute Gasteiger partial charge is 0.241 e. The highest BCUT2D eigenvalue weighted by atomic mass is 32.1. The van der Waals surface area contributed by atoms with Crippen molar-refractivity contribution >= 4 is 27.5 Å². The molecule has 0 amide bonds. The topological polar surface area (TPSA) is 76.3 Å². The van der Waals surface area contributed by atoms with Crippen molar-refractivity contribution in [2.24, 2.45) is 5.84 Å². The quantitative estimate of drug-likeness (QED) is 0.663. The number of thiophene rings is 1. The minimum absolute atomic E-state index is 0.218. The van der Waals surface area contributed by atoms with Gasteiger partial charge < -0.3 is 9.64 Å². The Labute approximate surface area is 121 Å². The van der Waals surface area contributed by atoms with Gasteiger partial charge in [0.1, 0.15) is 10.9 Å². The van der Waals surface area contributed by atoms with E-state index >= 15 is 0 Å². The predicted octanol–water partition coefficient (Wildman–Crippen LogP) is 1.76. The Hall–Kier alpha value is -1.44. The molecule has 7 heteroatoms. The van der Waals surface area contributed by atoms with Gasteiger partial charge in [-0.1, -0.05) is 0 Å². The molecule has 1 fully saturated rings. The van der Waals surface area contributed by atoms with E-state index in [1.165, 1.54) is 4.88 Å². The zero-order chi connectivity index (χ0) is 14.1. The van der Waals surface area contributed by atoms with Gasteiger partial charge in [0.15, 0.2) is 0 Å². The Balaban J connectivity index is 1.89. The van der Waals surface area contributed by atoms with Crippen LogP contribution in [0.4, 0.5) is 5.95 Å². The van der Waals surface area contributed by atoms with E-state index in [9.17, 15) is 0 Å². The molecule has 1 aliphatic rings. The van der Waals surface area contributed by atoms with Gasteiger partial charge in [-0.05, 0) is 32.9 Å². The van der Waals surface area contributed by atoms with Crippen LogP contribution in [0.2, 0.25) is 0 Å². The Kier molecular flexibility index (Phi) is 3.73. The summed E-state index contributed by atoms with van der Waals surface area (Å²) in [7, 11) is 2.14. The van der Waals surface area contributed by atoms with E-state index in [0.717, 1.165) is 36.1 Å². The Morgan fingerprint density at radius 1 is 1.40 bits per heavy atom. The van der Waals surface area contributed by atoms with E-state index in [0.29, 0.717) is 11.8 Å². The van der Waals surface area contributed by atoms with Crippen molar-refractivity contribution < 1.29 is 4.74 Å². The molecule has 20 heavy (non-hydrogen) atoms. The van der Waals surface area contributed by atoms with Crippen LogP contribution < -0.4 is 16.0 Å². The van der Waals surface area contributed by atoms with E-state index in [4.69, 9.17) is 10.6 Å². The molecule has 6 nitrogen and oxygen atoms in total. The number of aryl methyl sites for hydroxylation is 1. The van der Waals surface area contributed by atoms with Crippen molar-refractivity contribution in [2.45, 2.75) is 25.9 Å². The largest absolute Gasteiger partial charge is 0.474 e. The van der Waals surface area contributed by atoms with Crippen LogP contribution in [0.1, 0.15) is 17.7 Å². The molecule has 0 aliphatic carbocycles. The summed E-state index contributed by atoms with van der Waals surface area (Å²) in [6.45, 7) is 4.17. The molecule has 0 saturated carbocycles. The van der Waals surface area contributed by atoms with Gasteiger partial charge in [0.05, 0.1) is 5.39 Å². The second-order valence-corrected chi connectivity index (χ2v) is 6.43. The number of rotatable bonds is 3. The maximum absolute atomic E-state index is 6.11. The maximum Gasteiger partial charge on any atom is 0.241 e. The molecule has 0 bridgehead atoms. The predicted molar refractivity (Wildman–Crippen MR) is 81.1 cm³/mol. The van der Waals surface area contributed by atoms with E-state index in [-0.39, 0.29) is 6.10 Å². The van der Waals surface area contributed by atoms with E-state index in [1.54, 1.807) is 11.3 Å². The first-order valence-electron chi connectivity index (χ1n) is 6.75. The van der Waals surface area contributed by atoms with Crippen LogP contribution in [-0.2, 0) is 0 Å². The fraction of sp³-hybridized carbons (Fsp3) is 0.538. The van der Waals surface area contributed by atoms with Crippen LogP contribution in [0.25, 0.3) is 10.2 Å². The average Bonchev–Trinajstić information content (AvgIpc) is 2.81. The lowest BCUT2D eigenvalue weighted by Crippen LogP contribution is -2.35. The number of nitrogens with one attached hydrogen (secondary N) is 1. The van der Waals surface area contributed by atoms with Crippen molar-refractivity contribution in [3.63, 3.8) is 0 Å². The van der Waals surface area contributed by atoms with Crippen LogP contribution in [0.3, 0.4) is 0 Å². The number of ether oxygens (including phenoxy) is 1. The second-order valence-electron chi connectivity index (χ2n) is 5.19. The molecule has 0 atom stereocenters. The molecule has 3 heterocycles. The molecule has 2 aromatic heterocycles. The summed E-state index contributed by atoms with van der Waals surface area (Å²) in [6, 6.07) is 2.07. The first-order chi connectivity index (χ1) is 9.65. The van der Waals surface area contributed by atoms with Gasteiger partial charge in [0, 0.05) is 18.0 Å². The van der Waals surface area contributed by atoms with Crippen LogP contribution in [0.15, 0.2) is 6.07 Å². The molecule has 0 spiro atoms. The van der Waals surface area contributed by atoms with E-state index in [2.05, 4.69) is 40.3 Å². The van der Waals surface area contributed by atoms with Gasteiger partial charge in [0.25, 0.3) is 0 Å². The monoisotopic (exact) mass is 293 g/mol. The van der Waals surface area contributed by atoms with Gasteiger partial charge >= 0.3 is 0 Å². The molecule has 3 N–H and O–H groups in total. The molecular formula is C13H19N5OS. The van der Waals surface area contributed by atoms with Crippen LogP contribution >= 0.6 is 11.3 Å². The summed E-state index contributed by atoms with van der Waals surface area (Å²) in [5.41, 5.74) is 2.51. The lowest BCUT2D eigenvalue weighted by Gasteiger charge is -2.29. The van der Waals surface area contributed by atoms with Gasteiger partial charge in [0.2, 0.25) is 11.8 Å². The lowest BCUT2D eigenvalue weighted by atomic mass is 10.1. The summed E-state index contributed by atoms with van der Waals surface area (Å²) in [4.78, 5) is 13.2. The minimum Gasteiger partial charge on any atom is -0.474 e. The van der Waals surface area contributed by atoms with Crippen LogP contribution in [0, 0.1) is 6.92 Å². The average molecular weight is 293 g/mol. The standard InChI is InChI=1S/C13H19N5OS/c1-8-7-10-11(15-13(17-14)16-12(10)20-8)19-9-3-5-18(2)6-4-9/h7,9H,3-6,14H2,1-2H3,(H,15,16,17). The first kappa shape index (κ1) is 13.5. The molecule has 3 rings (SSSR count). The number of likely N-dealkylation sites (tertiary alicyclic amines) is 1. The fourth-order valence-electron chi connectivity index (χ4n) is 2.43. The van der Waals surface area contributed by atoms with Crippen molar-refractivity contribution in [3.8, 4) is 5.88 Å². The number of nitrogen functional groups attached to an aromatic ring is 1. The first-order valence-corrected chi connectivity index (χ1v) is 7.57. The number of fused-ring (bicyclic) bond motifs is 1. The fourth-order valence-corrected chi connectivity index (χ4v) is 3.30. The molecule has 108 valence electrons. The SMILES string of the molecule is Cc1cc2c(OC3CCN(C)CC3)nc(NN)nc2s1. The highest BCUT2D eigenvalue weighted by molar-refractivity contribution is 7.18. The number of piperidine rings is 1. The summed E-state index contributed by atoms with van der Waals surface area (Å²) < 4.78 is 6.11. The number of hydrogen-bond acceptors (Lipinski definition) is 7. The minimum atomic E-state index is 0.218. The molecule has 0 aromatic carbocycles. The third kappa shape index (κ3) is 2.70. The third-order valence-electron chi connectivity index (χ3n) is 3.55. The summed E-state index contributed by atoms with van der Waals surface area (Å²) in [5.74, 6) is 6.48. The maximum atomic E-state index is 6.11. The van der Waals surface area contributed by atoms with Crippen LogP contribution in [0.5, 0.6) is 5.88 Å². The highest BCUT2D eigenvalue weighted by Gasteiger charge is 2.20. The normalized spacial score (nSPS) is 17.6. The highest BCUT2D eigenvalue weighted by Crippen LogP contribution is 2.32. The molecular weight excluding hydrogens is 274 g/mol. The summed E-state index contributed by atoms with van der Waals surface area (Å²) in [6.07, 6.45) is 2.27. The van der Waals surface area contributed by atoms with E-state index < -0.39 is 0 Å². The van der Waals surface area contributed by atoms with Crippen LogP contribution in [-0.4, -0.2) is 41.1 Å². The summed E-state index contributed by atoms with van der Waals surface area (Å²) in [5, 5.41) is 0.977. The lowest BCUT2D eigenvalue weighted by molar-refractivity contribution is 0.111. The number of anilines is 1. The Morgan fingerprint density at radius 3 is 2.85 bits per heavy atom. The molecule has 0 radical (unpaired) electrons. The van der Waals surface area contributed by atoms with Gasteiger partial charge in [-0.2, -0.15) is 4.98 Å². The molecule has 1 saturated heterocycles. The van der Waals surface area contributed by atoms with Crippen molar-refractivity contribution in [1.82, 2.24) is 14.9 Å². The number of hydrazine groups is 1. The number of aromatic nitrogens is 2. The van der Waals surface area contributed by atoms with Gasteiger partial charge in [-0.25, -0.2) is 10.8 Å². The molecule has 2 aromatic rings. The third-order valence-corrected chi connectivity index (χ3v) is 4.50. The Morgan fingerprint density at radius 2 is 2.15 bits per heavy atom. The van der Waals surface area contributed by atoms with Crippen molar-refractivity contribution in [2.75, 3.05) is 25.6 Å². The molecule has 0 unspecified atom stereocenters. The zero-order valence-corrected chi connectivity index (χ0v) is 12.5. The van der Waals surface area contributed by atoms with Crippen molar-refractivity contribution in [3.05, 3.63) is 10.9 Å². The summed E-state index contributed by atoms with van der Waals surface area (Å²) >= 11 is 1.62. The number of nitrogens with two attached hydrogens (primary N) is 1. The number of hydrogen-bond donors (Lipinski definition) is 2. The van der Waals surface area contributed by atoms with Crippen molar-refractivity contribution in [1.29, 1.82) is 0 Å². The molecule has 1 aliphatic heterocycles. The second kappa shape index (κ2) is 5.51. The van der Waals surface area contributed by atoms with Gasteiger partial charge in [-0.3, -0.25) is 5.43 Å². The van der Waals surface area contributed by atoms with E-state index in [1.807, 2.05) is 0 Å². The van der Waals surface area contributed by atoms with Gasteiger partial charge in [-0.15, -0.1) is 11.3 Å².